The Hall–Kier alpha value is -1.34. The highest BCUT2D eigenvalue weighted by Crippen LogP contribution is 2.15. The molecule has 0 spiro atoms. The lowest BCUT2D eigenvalue weighted by Crippen LogP contribution is -2.51. The molecule has 1 aliphatic heterocycles. The molecule has 1 aromatic heterocycles. The summed E-state index contributed by atoms with van der Waals surface area (Å²) in [7, 11) is 0. The van der Waals surface area contributed by atoms with Crippen molar-refractivity contribution in [1.82, 2.24) is 20.2 Å². The van der Waals surface area contributed by atoms with Crippen LogP contribution in [0.1, 0.15) is 12.7 Å². The monoisotopic (exact) mass is 374 g/mol. The van der Waals surface area contributed by atoms with Crippen molar-refractivity contribution < 1.29 is 9.53 Å². The van der Waals surface area contributed by atoms with E-state index in [2.05, 4.69) is 33.2 Å². The van der Waals surface area contributed by atoms with Gasteiger partial charge in [0.25, 0.3) is 0 Å². The molecule has 3 rings (SSSR count). The number of para-hydroxylation sites is 2. The molecule has 8 heteroatoms. The molecule has 0 radical (unpaired) electrons. The number of halogens is 2. The van der Waals surface area contributed by atoms with Crippen LogP contribution in [0.15, 0.2) is 24.3 Å². The molecular formula is C16H24Cl2N4O2. The van der Waals surface area contributed by atoms with E-state index >= 15 is 0 Å². The van der Waals surface area contributed by atoms with Gasteiger partial charge in [-0.15, -0.1) is 24.8 Å². The van der Waals surface area contributed by atoms with Crippen LogP contribution >= 0.6 is 24.8 Å². The third-order valence-electron chi connectivity index (χ3n) is 3.94. The third kappa shape index (κ3) is 4.60. The van der Waals surface area contributed by atoms with Crippen LogP contribution in [0.2, 0.25) is 0 Å². The van der Waals surface area contributed by atoms with Gasteiger partial charge in [-0.25, -0.2) is 4.98 Å². The van der Waals surface area contributed by atoms with Crippen LogP contribution in [-0.2, 0) is 22.5 Å². The van der Waals surface area contributed by atoms with E-state index in [1.165, 1.54) is 0 Å². The van der Waals surface area contributed by atoms with Gasteiger partial charge >= 0.3 is 0 Å². The molecule has 1 atom stereocenters. The number of morpholine rings is 1. The standard InChI is InChI=1S/C16H22N4O2.2ClH/c1-2-20-14-6-4-3-5-12(14)19-15(20)7-8-18-16(21)13-11-22-10-9-17-13;;/h3-6,13,17H,2,7-11H2,1H3,(H,18,21);2*1H. The molecule has 1 unspecified atom stereocenters. The number of imidazole rings is 1. The highest BCUT2D eigenvalue weighted by molar-refractivity contribution is 5.85. The number of carbonyl (C=O) groups is 1. The number of carbonyl (C=O) groups excluding carboxylic acids is 1. The normalized spacial score (nSPS) is 17.0. The zero-order valence-electron chi connectivity index (χ0n) is 13.7. The van der Waals surface area contributed by atoms with Gasteiger partial charge in [-0.3, -0.25) is 4.79 Å². The van der Waals surface area contributed by atoms with Crippen molar-refractivity contribution >= 4 is 41.8 Å². The van der Waals surface area contributed by atoms with Gasteiger partial charge in [0, 0.05) is 26.1 Å². The summed E-state index contributed by atoms with van der Waals surface area (Å²) in [5, 5.41) is 6.12. The van der Waals surface area contributed by atoms with Gasteiger partial charge in [-0.2, -0.15) is 0 Å². The fourth-order valence-corrected chi connectivity index (χ4v) is 2.82. The van der Waals surface area contributed by atoms with Gasteiger partial charge in [0.15, 0.2) is 0 Å². The van der Waals surface area contributed by atoms with Crippen molar-refractivity contribution in [3.8, 4) is 0 Å². The van der Waals surface area contributed by atoms with Crippen molar-refractivity contribution in [2.75, 3.05) is 26.3 Å². The second-order valence-electron chi connectivity index (χ2n) is 5.38. The summed E-state index contributed by atoms with van der Waals surface area (Å²) in [4.78, 5) is 16.7. The van der Waals surface area contributed by atoms with E-state index in [4.69, 9.17) is 4.74 Å². The average Bonchev–Trinajstić information content (AvgIpc) is 2.93. The highest BCUT2D eigenvalue weighted by Gasteiger charge is 2.20. The molecule has 0 saturated carbocycles. The highest BCUT2D eigenvalue weighted by atomic mass is 35.5. The third-order valence-corrected chi connectivity index (χ3v) is 3.94. The predicted octanol–water partition coefficient (Wildman–Crippen LogP) is 1.55. The van der Waals surface area contributed by atoms with Gasteiger partial charge in [0.2, 0.25) is 5.91 Å². The SMILES string of the molecule is CCn1c(CCNC(=O)C2COCCN2)nc2ccccc21.Cl.Cl. The number of aryl methyl sites for hydroxylation is 1. The first-order chi connectivity index (χ1) is 10.8. The minimum Gasteiger partial charge on any atom is -0.378 e. The Balaban J connectivity index is 0.00000144. The number of nitrogens with one attached hydrogen (secondary N) is 2. The molecular weight excluding hydrogens is 351 g/mol. The van der Waals surface area contributed by atoms with Crippen LogP contribution in [0.3, 0.4) is 0 Å². The number of hydrogen-bond acceptors (Lipinski definition) is 4. The van der Waals surface area contributed by atoms with Crippen molar-refractivity contribution in [2.24, 2.45) is 0 Å². The lowest BCUT2D eigenvalue weighted by atomic mass is 10.2. The topological polar surface area (TPSA) is 68.2 Å². The maximum absolute atomic E-state index is 12.0. The molecule has 0 aliphatic carbocycles. The second kappa shape index (κ2) is 9.84. The fourth-order valence-electron chi connectivity index (χ4n) is 2.82. The fraction of sp³-hybridized carbons (Fsp3) is 0.500. The van der Waals surface area contributed by atoms with E-state index in [9.17, 15) is 4.79 Å². The molecule has 0 bridgehead atoms. The largest absolute Gasteiger partial charge is 0.378 e. The molecule has 134 valence electrons. The van der Waals surface area contributed by atoms with Gasteiger partial charge in [-0.05, 0) is 19.1 Å². The molecule has 1 saturated heterocycles. The Kier molecular flexibility index (Phi) is 8.48. The molecule has 6 nitrogen and oxygen atoms in total. The first-order valence-electron chi connectivity index (χ1n) is 7.82. The van der Waals surface area contributed by atoms with Crippen LogP contribution in [0.4, 0.5) is 0 Å². The number of nitrogens with zero attached hydrogens (tertiary/aromatic N) is 2. The summed E-state index contributed by atoms with van der Waals surface area (Å²) >= 11 is 0. The summed E-state index contributed by atoms with van der Waals surface area (Å²) in [6.45, 7) is 5.41. The Morgan fingerprint density at radius 1 is 1.42 bits per heavy atom. The van der Waals surface area contributed by atoms with E-state index in [0.717, 1.165) is 36.4 Å². The zero-order valence-corrected chi connectivity index (χ0v) is 15.3. The Morgan fingerprint density at radius 2 is 2.21 bits per heavy atom. The Labute approximate surface area is 154 Å². The van der Waals surface area contributed by atoms with E-state index in [0.29, 0.717) is 19.8 Å². The zero-order chi connectivity index (χ0) is 15.4. The number of benzene rings is 1. The van der Waals surface area contributed by atoms with E-state index in [1.807, 2.05) is 18.2 Å². The Morgan fingerprint density at radius 3 is 2.92 bits per heavy atom. The smallest absolute Gasteiger partial charge is 0.239 e. The summed E-state index contributed by atoms with van der Waals surface area (Å²) < 4.78 is 7.50. The van der Waals surface area contributed by atoms with Crippen LogP contribution in [-0.4, -0.2) is 47.8 Å². The molecule has 24 heavy (non-hydrogen) atoms. The van der Waals surface area contributed by atoms with Crippen molar-refractivity contribution in [1.29, 1.82) is 0 Å². The summed E-state index contributed by atoms with van der Waals surface area (Å²) in [5.74, 6) is 1.01. The minimum atomic E-state index is -0.237. The quantitative estimate of drug-likeness (QED) is 0.832. The predicted molar refractivity (Wildman–Crippen MR) is 99.2 cm³/mol. The van der Waals surface area contributed by atoms with Crippen molar-refractivity contribution in [3.05, 3.63) is 30.1 Å². The van der Waals surface area contributed by atoms with E-state index < -0.39 is 0 Å². The van der Waals surface area contributed by atoms with Crippen LogP contribution < -0.4 is 10.6 Å². The number of hydrogen-bond donors (Lipinski definition) is 2. The van der Waals surface area contributed by atoms with E-state index in [-0.39, 0.29) is 36.8 Å². The minimum absolute atomic E-state index is 0. The summed E-state index contributed by atoms with van der Waals surface area (Å²) in [6, 6.07) is 7.88. The molecule has 1 amide bonds. The van der Waals surface area contributed by atoms with Gasteiger partial charge in [-0.1, -0.05) is 12.1 Å². The lowest BCUT2D eigenvalue weighted by Gasteiger charge is -2.22. The molecule has 2 heterocycles. The maximum atomic E-state index is 12.0. The first kappa shape index (κ1) is 20.7. The average molecular weight is 375 g/mol. The van der Waals surface area contributed by atoms with E-state index in [1.54, 1.807) is 0 Å². The maximum Gasteiger partial charge on any atom is 0.239 e. The second-order valence-corrected chi connectivity index (χ2v) is 5.38. The molecule has 1 aromatic carbocycles. The number of ether oxygens (including phenoxy) is 1. The number of rotatable bonds is 5. The molecule has 2 N–H and O–H groups in total. The number of amides is 1. The lowest BCUT2D eigenvalue weighted by molar-refractivity contribution is -0.125. The van der Waals surface area contributed by atoms with Crippen LogP contribution in [0.5, 0.6) is 0 Å². The molecule has 1 fully saturated rings. The Bertz CT molecular complexity index is 657. The van der Waals surface area contributed by atoms with Gasteiger partial charge in [0.1, 0.15) is 11.9 Å². The van der Waals surface area contributed by atoms with Gasteiger partial charge < -0.3 is 19.9 Å². The first-order valence-corrected chi connectivity index (χ1v) is 7.82. The van der Waals surface area contributed by atoms with Crippen molar-refractivity contribution in [2.45, 2.75) is 25.9 Å². The van der Waals surface area contributed by atoms with Crippen LogP contribution in [0, 0.1) is 0 Å². The molecule has 2 aromatic rings. The number of fused-ring (bicyclic) bond motifs is 1. The number of aromatic nitrogens is 2. The summed E-state index contributed by atoms with van der Waals surface area (Å²) in [6.07, 6.45) is 0.724. The van der Waals surface area contributed by atoms with Crippen LogP contribution in [0.25, 0.3) is 11.0 Å². The molecule has 1 aliphatic rings. The van der Waals surface area contributed by atoms with Gasteiger partial charge in [0.05, 0.1) is 24.2 Å². The summed E-state index contributed by atoms with van der Waals surface area (Å²) in [5.41, 5.74) is 2.15. The van der Waals surface area contributed by atoms with Crippen molar-refractivity contribution in [3.63, 3.8) is 0 Å².